The van der Waals surface area contributed by atoms with E-state index in [1.165, 1.54) is 5.01 Å². The van der Waals surface area contributed by atoms with Crippen LogP contribution in [0.3, 0.4) is 0 Å². The zero-order valence-corrected chi connectivity index (χ0v) is 21.4. The minimum Gasteiger partial charge on any atom is -0.534 e. The number of carbonyl (C=O) groups is 1. The quantitative estimate of drug-likeness (QED) is 0.457. The van der Waals surface area contributed by atoms with Gasteiger partial charge in [0.25, 0.3) is 0 Å². The van der Waals surface area contributed by atoms with E-state index in [4.69, 9.17) is 32.5 Å². The second-order valence-corrected chi connectivity index (χ2v) is 10.00. The van der Waals surface area contributed by atoms with Crippen LogP contribution >= 0.6 is 23.2 Å². The first kappa shape index (κ1) is 24.5. The van der Waals surface area contributed by atoms with Crippen LogP contribution in [0, 0.1) is 0 Å². The van der Waals surface area contributed by atoms with Gasteiger partial charge in [-0.1, -0.05) is 48.0 Å². The summed E-state index contributed by atoms with van der Waals surface area (Å²) in [4.78, 5) is 21.9. The van der Waals surface area contributed by atoms with Gasteiger partial charge in [-0.25, -0.2) is 15.0 Å². The summed E-state index contributed by atoms with van der Waals surface area (Å²) in [5, 5.41) is 7.13. The van der Waals surface area contributed by atoms with E-state index in [1.807, 2.05) is 38.1 Å². The number of nitrogens with zero attached hydrogens (tertiary/aromatic N) is 4. The lowest BCUT2D eigenvalue weighted by Crippen LogP contribution is -2.35. The Kier molecular flexibility index (Phi) is 6.59. The van der Waals surface area contributed by atoms with Gasteiger partial charge in [0, 0.05) is 45.4 Å². The molecule has 0 N–H and O–H groups in total. The zero-order chi connectivity index (χ0) is 25.4. The van der Waals surface area contributed by atoms with E-state index in [2.05, 4.69) is 21.6 Å². The minimum atomic E-state index is -0.585. The van der Waals surface area contributed by atoms with E-state index in [0.717, 1.165) is 22.4 Å². The van der Waals surface area contributed by atoms with Gasteiger partial charge < -0.3 is 9.31 Å². The van der Waals surface area contributed by atoms with Gasteiger partial charge in [0.1, 0.15) is 5.60 Å². The lowest BCUT2D eigenvalue weighted by molar-refractivity contribution is -0.130. The van der Waals surface area contributed by atoms with Crippen molar-refractivity contribution in [3.8, 4) is 11.4 Å². The van der Waals surface area contributed by atoms with Gasteiger partial charge in [-0.15, -0.1) is 0 Å². The number of hydrogen-bond acceptors (Lipinski definition) is 6. The van der Waals surface area contributed by atoms with Crippen molar-refractivity contribution in [2.75, 3.05) is 6.54 Å². The molecule has 0 aliphatic carbocycles. The highest BCUT2D eigenvalue weighted by Crippen LogP contribution is 2.29. The van der Waals surface area contributed by atoms with E-state index in [9.17, 15) is 4.79 Å². The minimum absolute atomic E-state index is 0.102. The summed E-state index contributed by atoms with van der Waals surface area (Å²) in [6, 6.07) is 12.8. The molecule has 2 aliphatic rings. The summed E-state index contributed by atoms with van der Waals surface area (Å²) in [7, 11) is -0.585. The van der Waals surface area contributed by atoms with Gasteiger partial charge >= 0.3 is 7.12 Å². The number of benzene rings is 2. The van der Waals surface area contributed by atoms with Crippen LogP contribution in [0.1, 0.15) is 31.4 Å². The molecule has 10 heteroatoms. The lowest BCUT2D eigenvalue weighted by atomic mass is 9.81. The molecule has 2 aliphatic heterocycles. The number of hydrazone groups is 1. The van der Waals surface area contributed by atoms with Crippen LogP contribution in [0.5, 0.6) is 0 Å². The average molecular weight is 521 g/mol. The first-order chi connectivity index (χ1) is 17.2. The first-order valence-corrected chi connectivity index (χ1v) is 12.2. The van der Waals surface area contributed by atoms with Gasteiger partial charge in [0.15, 0.2) is 5.82 Å². The third-order valence-electron chi connectivity index (χ3n) is 6.14. The van der Waals surface area contributed by atoms with Crippen LogP contribution in [0.15, 0.2) is 72.3 Å². The molecule has 5 rings (SSSR count). The highest BCUT2D eigenvalue weighted by molar-refractivity contribution is 6.62. The van der Waals surface area contributed by atoms with E-state index in [-0.39, 0.29) is 12.3 Å². The fourth-order valence-electron chi connectivity index (χ4n) is 4.00. The molecule has 0 saturated carbocycles. The van der Waals surface area contributed by atoms with Gasteiger partial charge in [-0.3, -0.25) is 4.79 Å². The summed E-state index contributed by atoms with van der Waals surface area (Å²) in [6.07, 6.45) is 4.18. The van der Waals surface area contributed by atoms with E-state index in [1.54, 1.807) is 30.6 Å². The number of aromatic nitrogens is 2. The normalized spacial score (nSPS) is 16.8. The molecule has 182 valence electrons. The number of amides is 1. The van der Waals surface area contributed by atoms with Gasteiger partial charge in [-0.2, -0.15) is 5.10 Å². The molecule has 3 heterocycles. The zero-order valence-electron chi connectivity index (χ0n) is 19.9. The van der Waals surface area contributed by atoms with Crippen molar-refractivity contribution in [2.45, 2.75) is 32.3 Å². The Hall–Kier alpha value is -3.20. The largest absolute Gasteiger partial charge is 0.566 e. The summed E-state index contributed by atoms with van der Waals surface area (Å²) in [5.41, 5.74) is 3.30. The summed E-state index contributed by atoms with van der Waals surface area (Å²) >= 11 is 12.4. The Morgan fingerprint density at radius 1 is 1.17 bits per heavy atom. The van der Waals surface area contributed by atoms with Crippen LogP contribution in [0.2, 0.25) is 10.0 Å². The fraction of sp³-hybridized carbons (Fsp3) is 0.231. The Bertz CT molecular complexity index is 1380. The van der Waals surface area contributed by atoms with E-state index in [0.29, 0.717) is 40.1 Å². The van der Waals surface area contributed by atoms with E-state index >= 15 is 0 Å². The van der Waals surface area contributed by atoms with Gasteiger partial charge in [0.2, 0.25) is 5.91 Å². The van der Waals surface area contributed by atoms with Crippen molar-refractivity contribution in [1.82, 2.24) is 15.0 Å². The topological polar surface area (TPSA) is 76.9 Å². The summed E-state index contributed by atoms with van der Waals surface area (Å²) < 4.78 is 11.6. The summed E-state index contributed by atoms with van der Waals surface area (Å²) in [6.45, 7) is 8.20. The Balaban J connectivity index is 1.27. The lowest BCUT2D eigenvalue weighted by Gasteiger charge is -2.15. The number of halogens is 2. The van der Waals surface area contributed by atoms with Gasteiger partial charge in [-0.05, 0) is 43.7 Å². The molecular formula is C26H23BCl2N4O3. The van der Waals surface area contributed by atoms with Crippen molar-refractivity contribution >= 4 is 47.4 Å². The maximum atomic E-state index is 13.0. The predicted molar refractivity (Wildman–Crippen MR) is 141 cm³/mol. The number of rotatable bonds is 5. The Morgan fingerprint density at radius 3 is 2.67 bits per heavy atom. The van der Waals surface area contributed by atoms with Crippen molar-refractivity contribution < 1.29 is 14.1 Å². The first-order valence-electron chi connectivity index (χ1n) is 11.5. The van der Waals surface area contributed by atoms with Crippen LogP contribution in [0.25, 0.3) is 11.4 Å². The molecular weight excluding hydrogens is 498 g/mol. The molecule has 0 unspecified atom stereocenters. The van der Waals surface area contributed by atoms with Crippen molar-refractivity contribution in [1.29, 1.82) is 0 Å². The maximum Gasteiger partial charge on any atom is 0.566 e. The molecule has 1 amide bonds. The van der Waals surface area contributed by atoms with Crippen molar-refractivity contribution in [2.24, 2.45) is 5.10 Å². The van der Waals surface area contributed by atoms with Crippen molar-refractivity contribution in [3.63, 3.8) is 0 Å². The number of carbonyl (C=O) groups excluding carboxylic acids is 1. The van der Waals surface area contributed by atoms with E-state index < -0.39 is 12.7 Å². The molecule has 7 nitrogen and oxygen atoms in total. The Labute approximate surface area is 219 Å². The highest BCUT2D eigenvalue weighted by Gasteiger charge is 2.43. The molecule has 36 heavy (non-hydrogen) atoms. The molecule has 1 aromatic heterocycles. The molecule has 1 saturated heterocycles. The fourth-order valence-corrected chi connectivity index (χ4v) is 4.40. The predicted octanol–water partition coefficient (Wildman–Crippen LogP) is 4.66. The molecule has 0 spiro atoms. The SMILES string of the molecule is C=C1OB(c2cnc(-c3cccc(CC(=O)N4CCC(c5cc(Cl)ccc5Cl)=N4)c3)nc2)OC1(C)C. The molecule has 0 atom stereocenters. The second kappa shape index (κ2) is 9.69. The third-order valence-corrected chi connectivity index (χ3v) is 6.70. The van der Waals surface area contributed by atoms with Crippen LogP contribution in [0.4, 0.5) is 0 Å². The summed E-state index contributed by atoms with van der Waals surface area (Å²) in [5.74, 6) is 1.01. The maximum absolute atomic E-state index is 13.0. The van der Waals surface area contributed by atoms with Crippen LogP contribution in [-0.4, -0.2) is 45.9 Å². The highest BCUT2D eigenvalue weighted by atomic mass is 35.5. The molecule has 1 fully saturated rings. The Morgan fingerprint density at radius 2 is 1.94 bits per heavy atom. The molecule has 2 aromatic carbocycles. The molecule has 0 radical (unpaired) electrons. The van der Waals surface area contributed by atoms with Crippen LogP contribution in [-0.2, 0) is 20.5 Å². The van der Waals surface area contributed by atoms with Crippen LogP contribution < -0.4 is 5.46 Å². The smallest absolute Gasteiger partial charge is 0.534 e. The molecule has 3 aromatic rings. The van der Waals surface area contributed by atoms with Crippen molar-refractivity contribution in [3.05, 3.63) is 88.4 Å². The molecule has 0 bridgehead atoms. The average Bonchev–Trinajstić information content (AvgIpc) is 3.45. The van der Waals surface area contributed by atoms with Gasteiger partial charge in [0.05, 0.1) is 24.4 Å². The second-order valence-electron chi connectivity index (χ2n) is 9.16. The number of hydrogen-bond donors (Lipinski definition) is 0. The standard InChI is InChI=1S/C26H23BCl2N4O3/c1-16-26(2,3)36-27(35-16)19-14-30-25(31-15-19)18-6-4-5-17(11-18)12-24(34)33-10-9-23(32-33)21-13-20(28)7-8-22(21)29/h4-8,11,13-15H,1,9-10,12H2,2-3H3. The third kappa shape index (κ3) is 5.02. The monoisotopic (exact) mass is 520 g/mol.